The molecule has 1 aromatic heterocycles. The van der Waals surface area contributed by atoms with Crippen LogP contribution in [0, 0.1) is 0 Å². The molecular formula is C17H27NO3S. The van der Waals surface area contributed by atoms with Gasteiger partial charge in [0, 0.05) is 30.6 Å². The van der Waals surface area contributed by atoms with E-state index in [1.807, 2.05) is 11.3 Å². The van der Waals surface area contributed by atoms with E-state index in [1.165, 1.54) is 10.4 Å². The van der Waals surface area contributed by atoms with Crippen LogP contribution in [-0.2, 0) is 15.9 Å². The predicted molar refractivity (Wildman–Crippen MR) is 88.4 cm³/mol. The number of β-amino-alcohol motifs (C(OH)–C–C–N with tert-alkyl or cyclic N) is 1. The molecule has 0 bridgehead atoms. The van der Waals surface area contributed by atoms with Crippen molar-refractivity contribution in [2.75, 3.05) is 32.9 Å². The summed E-state index contributed by atoms with van der Waals surface area (Å²) in [4.78, 5) is 3.93. The van der Waals surface area contributed by atoms with Crippen LogP contribution in [0.15, 0.2) is 11.4 Å². The predicted octanol–water partition coefficient (Wildman–Crippen LogP) is 2.61. The Kier molecular flexibility index (Phi) is 5.88. The number of hydrogen-bond acceptors (Lipinski definition) is 5. The third-order valence-electron chi connectivity index (χ3n) is 4.68. The fourth-order valence-electron chi connectivity index (χ4n) is 3.58. The molecule has 0 aromatic carbocycles. The van der Waals surface area contributed by atoms with E-state index >= 15 is 0 Å². The number of thiophene rings is 1. The van der Waals surface area contributed by atoms with Gasteiger partial charge in [0.15, 0.2) is 0 Å². The Morgan fingerprint density at radius 1 is 1.55 bits per heavy atom. The number of fused-ring (bicyclic) bond motifs is 1. The summed E-state index contributed by atoms with van der Waals surface area (Å²) in [5, 5.41) is 12.5. The summed E-state index contributed by atoms with van der Waals surface area (Å²) in [6, 6.07) is 2.70. The minimum atomic E-state index is -0.421. The van der Waals surface area contributed by atoms with E-state index in [0.717, 1.165) is 38.8 Å². The summed E-state index contributed by atoms with van der Waals surface area (Å²) in [5.74, 6) is 0. The van der Waals surface area contributed by atoms with Crippen molar-refractivity contribution in [3.05, 3.63) is 21.9 Å². The van der Waals surface area contributed by atoms with E-state index < -0.39 is 6.10 Å². The first-order valence-electron chi connectivity index (χ1n) is 8.45. The normalized spacial score (nSPS) is 27.0. The van der Waals surface area contributed by atoms with Gasteiger partial charge in [-0.1, -0.05) is 6.92 Å². The second-order valence-corrected chi connectivity index (χ2v) is 7.30. The number of rotatable bonds is 7. The van der Waals surface area contributed by atoms with Crippen LogP contribution in [0.4, 0.5) is 0 Å². The van der Waals surface area contributed by atoms with Crippen LogP contribution in [-0.4, -0.2) is 55.1 Å². The third-order valence-corrected chi connectivity index (χ3v) is 5.67. The molecule has 2 aliphatic rings. The molecule has 0 unspecified atom stereocenters. The Hall–Kier alpha value is -0.460. The van der Waals surface area contributed by atoms with Crippen molar-refractivity contribution >= 4 is 11.3 Å². The van der Waals surface area contributed by atoms with Crippen molar-refractivity contribution < 1.29 is 14.6 Å². The van der Waals surface area contributed by atoms with E-state index in [1.54, 1.807) is 0 Å². The van der Waals surface area contributed by atoms with E-state index in [0.29, 0.717) is 25.8 Å². The van der Waals surface area contributed by atoms with Gasteiger partial charge in [-0.05, 0) is 42.7 Å². The second kappa shape index (κ2) is 7.88. The van der Waals surface area contributed by atoms with E-state index in [9.17, 15) is 5.11 Å². The molecule has 124 valence electrons. The minimum absolute atomic E-state index is 0.235. The van der Waals surface area contributed by atoms with Gasteiger partial charge in [0.25, 0.3) is 0 Å². The lowest BCUT2D eigenvalue weighted by Crippen LogP contribution is -2.41. The fourth-order valence-corrected chi connectivity index (χ4v) is 4.51. The molecular weight excluding hydrogens is 298 g/mol. The maximum absolute atomic E-state index is 10.3. The Bertz CT molecular complexity index is 459. The highest BCUT2D eigenvalue weighted by atomic mass is 32.1. The molecule has 3 heterocycles. The number of hydrogen-bond donors (Lipinski definition) is 1. The molecule has 1 saturated heterocycles. The van der Waals surface area contributed by atoms with Crippen LogP contribution in [0.2, 0.25) is 0 Å². The lowest BCUT2D eigenvalue weighted by atomic mass is 9.97. The highest BCUT2D eigenvalue weighted by Gasteiger charge is 2.28. The summed E-state index contributed by atoms with van der Waals surface area (Å²) < 4.78 is 11.2. The van der Waals surface area contributed by atoms with Crippen molar-refractivity contribution in [2.24, 2.45) is 0 Å². The zero-order valence-electron chi connectivity index (χ0n) is 13.4. The molecule has 0 saturated carbocycles. The summed E-state index contributed by atoms with van der Waals surface area (Å²) in [6.07, 6.45) is 4.22. The lowest BCUT2D eigenvalue weighted by molar-refractivity contribution is -0.0295. The molecule has 0 radical (unpaired) electrons. The number of aliphatic hydroxyl groups is 1. The van der Waals surface area contributed by atoms with Crippen LogP contribution in [0.1, 0.15) is 42.7 Å². The number of ether oxygens (including phenoxy) is 2. The molecule has 3 atom stereocenters. The van der Waals surface area contributed by atoms with Crippen molar-refractivity contribution in [2.45, 2.75) is 50.9 Å². The fraction of sp³-hybridized carbons (Fsp3) is 0.765. The number of nitrogens with zero attached hydrogens (tertiary/aromatic N) is 1. The van der Waals surface area contributed by atoms with Gasteiger partial charge in [0.2, 0.25) is 0 Å². The molecule has 1 N–H and O–H groups in total. The molecule has 1 fully saturated rings. The summed E-state index contributed by atoms with van der Waals surface area (Å²) >= 11 is 1.87. The third kappa shape index (κ3) is 3.89. The van der Waals surface area contributed by atoms with E-state index in [2.05, 4.69) is 23.3 Å². The zero-order valence-corrected chi connectivity index (χ0v) is 14.2. The molecule has 4 nitrogen and oxygen atoms in total. The molecule has 2 aliphatic heterocycles. The standard InChI is InChI=1S/C17H27NO3S/c1-2-16-15-6-9-22-17(15)5-7-18(16)10-13(19)11-20-12-14-4-3-8-21-14/h6,9,13-14,16,19H,2-5,7-8,10-12H2,1H3/t13-,14+,16+/m0/s1. The van der Waals surface area contributed by atoms with Gasteiger partial charge < -0.3 is 14.6 Å². The summed E-state index contributed by atoms with van der Waals surface area (Å²) in [5.41, 5.74) is 1.46. The smallest absolute Gasteiger partial charge is 0.0900 e. The van der Waals surface area contributed by atoms with Gasteiger partial charge in [-0.15, -0.1) is 11.3 Å². The van der Waals surface area contributed by atoms with Crippen molar-refractivity contribution in [3.8, 4) is 0 Å². The second-order valence-electron chi connectivity index (χ2n) is 6.29. The first-order chi connectivity index (χ1) is 10.8. The molecule has 0 amide bonds. The SMILES string of the molecule is CC[C@@H]1c2ccsc2CCN1C[C@H](O)COC[C@H]1CCCO1. The van der Waals surface area contributed by atoms with E-state index in [-0.39, 0.29) is 6.10 Å². The first-order valence-corrected chi connectivity index (χ1v) is 9.33. The number of aliphatic hydroxyl groups excluding tert-OH is 1. The molecule has 3 rings (SSSR count). The first kappa shape index (κ1) is 16.4. The van der Waals surface area contributed by atoms with Gasteiger partial charge in [0.1, 0.15) is 0 Å². The zero-order chi connectivity index (χ0) is 15.4. The van der Waals surface area contributed by atoms with Crippen LogP contribution < -0.4 is 0 Å². The maximum atomic E-state index is 10.3. The Balaban J connectivity index is 1.45. The van der Waals surface area contributed by atoms with Gasteiger partial charge in [-0.3, -0.25) is 4.90 Å². The Labute approximate surface area is 137 Å². The summed E-state index contributed by atoms with van der Waals surface area (Å²) in [7, 11) is 0. The van der Waals surface area contributed by atoms with E-state index in [4.69, 9.17) is 9.47 Å². The molecule has 0 aliphatic carbocycles. The monoisotopic (exact) mass is 325 g/mol. The van der Waals surface area contributed by atoms with Gasteiger partial charge in [-0.25, -0.2) is 0 Å². The van der Waals surface area contributed by atoms with Crippen molar-refractivity contribution in [1.29, 1.82) is 0 Å². The summed E-state index contributed by atoms with van der Waals surface area (Å²) in [6.45, 7) is 5.83. The lowest BCUT2D eigenvalue weighted by Gasteiger charge is -2.36. The average molecular weight is 325 g/mol. The molecule has 1 aromatic rings. The molecule has 5 heteroatoms. The van der Waals surface area contributed by atoms with Gasteiger partial charge in [-0.2, -0.15) is 0 Å². The quantitative estimate of drug-likeness (QED) is 0.837. The minimum Gasteiger partial charge on any atom is -0.389 e. The van der Waals surface area contributed by atoms with Gasteiger partial charge in [0.05, 0.1) is 25.4 Å². The van der Waals surface area contributed by atoms with Crippen LogP contribution in [0.5, 0.6) is 0 Å². The van der Waals surface area contributed by atoms with Crippen molar-refractivity contribution in [3.63, 3.8) is 0 Å². The highest BCUT2D eigenvalue weighted by Crippen LogP contribution is 2.35. The van der Waals surface area contributed by atoms with Crippen molar-refractivity contribution in [1.82, 2.24) is 4.90 Å². The Morgan fingerprint density at radius 2 is 2.45 bits per heavy atom. The average Bonchev–Trinajstić information content (AvgIpc) is 3.17. The highest BCUT2D eigenvalue weighted by molar-refractivity contribution is 7.10. The molecule has 0 spiro atoms. The molecule has 22 heavy (non-hydrogen) atoms. The topological polar surface area (TPSA) is 41.9 Å². The van der Waals surface area contributed by atoms with Crippen LogP contribution >= 0.6 is 11.3 Å². The van der Waals surface area contributed by atoms with Crippen LogP contribution in [0.25, 0.3) is 0 Å². The maximum Gasteiger partial charge on any atom is 0.0900 e. The van der Waals surface area contributed by atoms with Crippen LogP contribution in [0.3, 0.4) is 0 Å². The largest absolute Gasteiger partial charge is 0.389 e. The van der Waals surface area contributed by atoms with Gasteiger partial charge >= 0.3 is 0 Å². The Morgan fingerprint density at radius 3 is 3.23 bits per heavy atom.